The normalized spacial score (nSPS) is 11.2. The van der Waals surface area contributed by atoms with Crippen LogP contribution in [0.5, 0.6) is 0 Å². The first-order chi connectivity index (χ1) is 11.8. The number of para-hydroxylation sites is 3. The molecule has 3 N–H and O–H groups in total. The molecule has 0 saturated carbocycles. The number of benzene rings is 2. The second-order valence-corrected chi connectivity index (χ2v) is 5.68. The molecule has 120 valence electrons. The molecule has 0 saturated heterocycles. The molecule has 0 fully saturated rings. The minimum Gasteiger partial charge on any atom is -0.351 e. The summed E-state index contributed by atoms with van der Waals surface area (Å²) in [4.78, 5) is 20.1. The molecule has 4 rings (SSSR count). The van der Waals surface area contributed by atoms with Crippen molar-refractivity contribution in [1.82, 2.24) is 25.5 Å². The monoisotopic (exact) mass is 319 g/mol. The van der Waals surface area contributed by atoms with E-state index in [4.69, 9.17) is 0 Å². The molecule has 0 radical (unpaired) electrons. The number of rotatable bonds is 5. The predicted octanol–water partition coefficient (Wildman–Crippen LogP) is 2.80. The number of hydrogen-bond acceptors (Lipinski definition) is 3. The van der Waals surface area contributed by atoms with Gasteiger partial charge in [-0.25, -0.2) is 4.98 Å². The summed E-state index contributed by atoms with van der Waals surface area (Å²) in [6, 6.07) is 15.6. The number of fused-ring (bicyclic) bond motifs is 2. The third-order valence-corrected chi connectivity index (χ3v) is 4.00. The summed E-state index contributed by atoms with van der Waals surface area (Å²) in [7, 11) is 0. The van der Waals surface area contributed by atoms with Gasteiger partial charge in [-0.1, -0.05) is 30.3 Å². The molecular weight excluding hydrogens is 302 g/mol. The van der Waals surface area contributed by atoms with Crippen LogP contribution < -0.4 is 5.32 Å². The second-order valence-electron chi connectivity index (χ2n) is 5.68. The van der Waals surface area contributed by atoms with Gasteiger partial charge in [0.15, 0.2) is 5.69 Å². The maximum atomic E-state index is 12.3. The SMILES string of the molecule is O=C(NCCCc1nc2ccccc2[nH]1)c1n[nH]c2ccccc12. The van der Waals surface area contributed by atoms with Gasteiger partial charge in [0.1, 0.15) is 5.82 Å². The molecule has 1 amide bonds. The average Bonchev–Trinajstić information content (AvgIpc) is 3.22. The zero-order chi connectivity index (χ0) is 16.4. The maximum absolute atomic E-state index is 12.3. The quantitative estimate of drug-likeness (QED) is 0.494. The van der Waals surface area contributed by atoms with E-state index in [1.165, 1.54) is 0 Å². The summed E-state index contributed by atoms with van der Waals surface area (Å²) in [5, 5.41) is 10.7. The number of nitrogens with one attached hydrogen (secondary N) is 3. The standard InChI is InChI=1S/C18H17N5O/c24-18(17-12-6-1-2-7-13(12)22-23-17)19-11-5-10-16-20-14-8-3-4-9-15(14)21-16/h1-4,6-9H,5,10-11H2,(H,19,24)(H,20,21)(H,22,23). The number of aryl methyl sites for hydroxylation is 1. The number of aromatic nitrogens is 4. The molecule has 6 heteroatoms. The summed E-state index contributed by atoms with van der Waals surface area (Å²) < 4.78 is 0. The summed E-state index contributed by atoms with van der Waals surface area (Å²) >= 11 is 0. The largest absolute Gasteiger partial charge is 0.351 e. The van der Waals surface area contributed by atoms with Crippen LogP contribution in [-0.4, -0.2) is 32.6 Å². The molecule has 0 bridgehead atoms. The van der Waals surface area contributed by atoms with Gasteiger partial charge in [-0.3, -0.25) is 9.89 Å². The Bertz CT molecular complexity index is 968. The van der Waals surface area contributed by atoms with E-state index in [0.717, 1.165) is 40.6 Å². The van der Waals surface area contributed by atoms with Crippen LogP contribution in [0.4, 0.5) is 0 Å². The van der Waals surface area contributed by atoms with E-state index in [1.807, 2.05) is 48.5 Å². The molecule has 0 unspecified atom stereocenters. The molecule has 2 aromatic carbocycles. The third-order valence-electron chi connectivity index (χ3n) is 4.00. The summed E-state index contributed by atoms with van der Waals surface area (Å²) in [6.07, 6.45) is 1.60. The lowest BCUT2D eigenvalue weighted by atomic mass is 10.2. The van der Waals surface area contributed by atoms with Crippen molar-refractivity contribution in [1.29, 1.82) is 0 Å². The van der Waals surface area contributed by atoms with Crippen LogP contribution in [0.2, 0.25) is 0 Å². The van der Waals surface area contributed by atoms with E-state index < -0.39 is 0 Å². The Morgan fingerprint density at radius 1 is 1.04 bits per heavy atom. The number of carbonyl (C=O) groups is 1. The Labute approximate surface area is 138 Å². The van der Waals surface area contributed by atoms with Gasteiger partial charge in [0, 0.05) is 18.4 Å². The Hall–Kier alpha value is -3.15. The minimum absolute atomic E-state index is 0.156. The summed E-state index contributed by atoms with van der Waals surface area (Å²) in [5.74, 6) is 0.785. The number of hydrogen-bond donors (Lipinski definition) is 3. The van der Waals surface area contributed by atoms with Crippen molar-refractivity contribution in [2.45, 2.75) is 12.8 Å². The number of imidazole rings is 1. The Morgan fingerprint density at radius 2 is 1.83 bits per heavy atom. The third kappa shape index (κ3) is 2.74. The second kappa shape index (κ2) is 6.16. The van der Waals surface area contributed by atoms with Gasteiger partial charge in [-0.05, 0) is 24.6 Å². The molecular formula is C18H17N5O. The van der Waals surface area contributed by atoms with Crippen LogP contribution in [0.3, 0.4) is 0 Å². The Kier molecular flexibility index (Phi) is 3.70. The highest BCUT2D eigenvalue weighted by molar-refractivity contribution is 6.04. The summed E-state index contributed by atoms with van der Waals surface area (Å²) in [6.45, 7) is 0.580. The fourth-order valence-electron chi connectivity index (χ4n) is 2.80. The zero-order valence-electron chi connectivity index (χ0n) is 13.0. The van der Waals surface area contributed by atoms with E-state index in [9.17, 15) is 4.79 Å². The molecule has 0 aliphatic heterocycles. The molecule has 2 heterocycles. The molecule has 0 aliphatic carbocycles. The maximum Gasteiger partial charge on any atom is 0.272 e. The topological polar surface area (TPSA) is 86.5 Å². The van der Waals surface area contributed by atoms with Crippen LogP contribution in [-0.2, 0) is 6.42 Å². The predicted molar refractivity (Wildman–Crippen MR) is 92.8 cm³/mol. The van der Waals surface area contributed by atoms with Gasteiger partial charge in [0.05, 0.1) is 16.6 Å². The highest BCUT2D eigenvalue weighted by Gasteiger charge is 2.13. The van der Waals surface area contributed by atoms with Crippen molar-refractivity contribution >= 4 is 27.8 Å². The van der Waals surface area contributed by atoms with E-state index in [1.54, 1.807) is 0 Å². The van der Waals surface area contributed by atoms with Crippen molar-refractivity contribution in [3.63, 3.8) is 0 Å². The highest BCUT2D eigenvalue weighted by Crippen LogP contribution is 2.15. The van der Waals surface area contributed by atoms with Gasteiger partial charge in [0.25, 0.3) is 5.91 Å². The van der Waals surface area contributed by atoms with Crippen molar-refractivity contribution < 1.29 is 4.79 Å². The van der Waals surface area contributed by atoms with E-state index in [2.05, 4.69) is 25.5 Å². The Balaban J connectivity index is 1.34. The number of H-pyrrole nitrogens is 2. The van der Waals surface area contributed by atoms with Crippen molar-refractivity contribution in [3.8, 4) is 0 Å². The van der Waals surface area contributed by atoms with Gasteiger partial charge in [-0.15, -0.1) is 0 Å². The van der Waals surface area contributed by atoms with Gasteiger partial charge in [0.2, 0.25) is 0 Å². The van der Waals surface area contributed by atoms with E-state index >= 15 is 0 Å². The van der Waals surface area contributed by atoms with Crippen LogP contribution in [0, 0.1) is 0 Å². The van der Waals surface area contributed by atoms with Crippen LogP contribution in [0.15, 0.2) is 48.5 Å². The lowest BCUT2D eigenvalue weighted by molar-refractivity contribution is 0.0949. The molecule has 2 aromatic heterocycles. The first-order valence-corrected chi connectivity index (χ1v) is 7.96. The lowest BCUT2D eigenvalue weighted by Crippen LogP contribution is -2.25. The van der Waals surface area contributed by atoms with Crippen LogP contribution in [0.25, 0.3) is 21.9 Å². The van der Waals surface area contributed by atoms with Crippen molar-refractivity contribution in [3.05, 3.63) is 60.0 Å². The van der Waals surface area contributed by atoms with Gasteiger partial charge < -0.3 is 10.3 Å². The minimum atomic E-state index is -0.156. The number of nitrogens with zero attached hydrogens (tertiary/aromatic N) is 2. The van der Waals surface area contributed by atoms with Crippen molar-refractivity contribution in [2.24, 2.45) is 0 Å². The first kappa shape index (κ1) is 14.4. The lowest BCUT2D eigenvalue weighted by Gasteiger charge is -2.02. The molecule has 0 atom stereocenters. The number of amides is 1. The smallest absolute Gasteiger partial charge is 0.272 e. The van der Waals surface area contributed by atoms with Gasteiger partial charge in [-0.2, -0.15) is 5.10 Å². The van der Waals surface area contributed by atoms with Crippen molar-refractivity contribution in [2.75, 3.05) is 6.54 Å². The van der Waals surface area contributed by atoms with E-state index in [-0.39, 0.29) is 5.91 Å². The van der Waals surface area contributed by atoms with Crippen LogP contribution >= 0.6 is 0 Å². The van der Waals surface area contributed by atoms with Crippen LogP contribution in [0.1, 0.15) is 22.7 Å². The fourth-order valence-corrected chi connectivity index (χ4v) is 2.80. The first-order valence-electron chi connectivity index (χ1n) is 7.96. The Morgan fingerprint density at radius 3 is 2.71 bits per heavy atom. The summed E-state index contributed by atoms with van der Waals surface area (Å²) in [5.41, 5.74) is 3.32. The fraction of sp³-hybridized carbons (Fsp3) is 0.167. The zero-order valence-corrected chi connectivity index (χ0v) is 13.0. The molecule has 4 aromatic rings. The number of aromatic amines is 2. The highest BCUT2D eigenvalue weighted by atomic mass is 16.1. The van der Waals surface area contributed by atoms with Gasteiger partial charge >= 0.3 is 0 Å². The molecule has 0 spiro atoms. The molecule has 6 nitrogen and oxygen atoms in total. The van der Waals surface area contributed by atoms with E-state index in [0.29, 0.717) is 12.2 Å². The average molecular weight is 319 g/mol. The molecule has 24 heavy (non-hydrogen) atoms. The molecule has 0 aliphatic rings. The number of carbonyl (C=O) groups excluding carboxylic acids is 1.